The topological polar surface area (TPSA) is 108 Å². The van der Waals surface area contributed by atoms with Crippen molar-refractivity contribution < 1.29 is 24.2 Å². The van der Waals surface area contributed by atoms with E-state index in [0.717, 1.165) is 11.1 Å². The van der Waals surface area contributed by atoms with Crippen molar-refractivity contribution in [1.82, 2.24) is 15.5 Å². The van der Waals surface area contributed by atoms with E-state index in [-0.39, 0.29) is 31.0 Å². The molecule has 3 amide bonds. The number of nitrogens with zero attached hydrogens (tertiary/aromatic N) is 1. The molecule has 0 radical (unpaired) electrons. The summed E-state index contributed by atoms with van der Waals surface area (Å²) in [5, 5.41) is 15.5. The summed E-state index contributed by atoms with van der Waals surface area (Å²) < 4.78 is 5.37. The van der Waals surface area contributed by atoms with Crippen LogP contribution in [0.5, 0.6) is 0 Å². The van der Waals surface area contributed by atoms with Crippen LogP contribution < -0.4 is 10.6 Å². The fourth-order valence-electron chi connectivity index (χ4n) is 3.87. The Morgan fingerprint density at radius 2 is 1.59 bits per heavy atom. The third-order valence-electron chi connectivity index (χ3n) is 5.13. The van der Waals surface area contributed by atoms with Crippen molar-refractivity contribution in [3.63, 3.8) is 0 Å². The Kier molecular flexibility index (Phi) is 11.0. The lowest BCUT2D eigenvalue weighted by molar-refractivity contribution is -0.143. The lowest BCUT2D eigenvalue weighted by Crippen LogP contribution is -2.54. The summed E-state index contributed by atoms with van der Waals surface area (Å²) in [6.07, 6.45) is -0.351. The minimum Gasteiger partial charge on any atom is -0.444 e. The molecular weight excluding hydrogens is 434 g/mol. The first-order chi connectivity index (χ1) is 15.7. The van der Waals surface area contributed by atoms with Crippen LogP contribution in [0.3, 0.4) is 0 Å². The molecule has 1 rings (SSSR count). The first kappa shape index (κ1) is 29.4. The van der Waals surface area contributed by atoms with E-state index in [1.165, 1.54) is 4.90 Å². The van der Waals surface area contributed by atoms with Crippen molar-refractivity contribution in [2.75, 3.05) is 13.2 Å². The molecule has 0 aliphatic carbocycles. The molecule has 8 heteroatoms. The number of hydrogen-bond donors (Lipinski definition) is 3. The summed E-state index contributed by atoms with van der Waals surface area (Å²) in [5.74, 6) is -0.696. The van der Waals surface area contributed by atoms with Crippen LogP contribution in [-0.4, -0.2) is 58.8 Å². The molecule has 34 heavy (non-hydrogen) atoms. The second kappa shape index (κ2) is 12.7. The van der Waals surface area contributed by atoms with Gasteiger partial charge in [0.05, 0.1) is 6.61 Å². The number of hydrogen-bond acceptors (Lipinski definition) is 5. The van der Waals surface area contributed by atoms with Crippen LogP contribution in [0.2, 0.25) is 0 Å². The molecule has 1 aromatic carbocycles. The van der Waals surface area contributed by atoms with Gasteiger partial charge in [-0.25, -0.2) is 4.79 Å². The Morgan fingerprint density at radius 1 is 1.03 bits per heavy atom. The first-order valence-corrected chi connectivity index (χ1v) is 11.9. The molecule has 1 aromatic rings. The molecule has 0 fully saturated rings. The molecule has 0 heterocycles. The number of amides is 3. The molecule has 2 unspecified atom stereocenters. The van der Waals surface area contributed by atoms with Gasteiger partial charge in [-0.3, -0.25) is 9.59 Å². The van der Waals surface area contributed by atoms with Crippen LogP contribution >= 0.6 is 0 Å². The predicted octanol–water partition coefficient (Wildman–Crippen LogP) is 3.63. The molecule has 192 valence electrons. The normalized spacial score (nSPS) is 13.4. The SMILES string of the molecule is Cc1cccc(C)c1C(C(=O)NC(C)C)N(CCO)C(=O)C(CC(C)C)NC(=O)OC(C)(C)C. The average Bonchev–Trinajstić information content (AvgIpc) is 2.66. The van der Waals surface area contributed by atoms with Gasteiger partial charge >= 0.3 is 6.09 Å². The van der Waals surface area contributed by atoms with Gasteiger partial charge in [0, 0.05) is 12.6 Å². The number of aliphatic hydroxyl groups excluding tert-OH is 1. The second-order valence-electron chi connectivity index (χ2n) is 10.5. The van der Waals surface area contributed by atoms with E-state index in [0.29, 0.717) is 12.0 Å². The Morgan fingerprint density at radius 3 is 2.03 bits per heavy atom. The highest BCUT2D eigenvalue weighted by molar-refractivity contribution is 5.92. The van der Waals surface area contributed by atoms with Gasteiger partial charge in [-0.2, -0.15) is 0 Å². The van der Waals surface area contributed by atoms with Crippen molar-refractivity contribution in [2.24, 2.45) is 5.92 Å². The molecule has 0 bridgehead atoms. The molecule has 0 spiro atoms. The van der Waals surface area contributed by atoms with E-state index in [1.807, 2.05) is 59.7 Å². The maximum atomic E-state index is 13.9. The lowest BCUT2D eigenvalue weighted by Gasteiger charge is -2.36. The standard InChI is InChI=1S/C26H43N3O5/c1-16(2)15-20(28-25(33)34-26(7,8)9)24(32)29(13-14-30)22(23(31)27-17(3)4)21-18(5)11-10-12-19(21)6/h10-12,16-17,20,22,30H,13-15H2,1-9H3,(H,27,31)(H,28,33). The maximum absolute atomic E-state index is 13.9. The molecule has 0 saturated carbocycles. The minimum absolute atomic E-state index is 0.0621. The van der Waals surface area contributed by atoms with Gasteiger partial charge in [-0.15, -0.1) is 0 Å². The highest BCUT2D eigenvalue weighted by Crippen LogP contribution is 2.29. The Bertz CT molecular complexity index is 825. The van der Waals surface area contributed by atoms with E-state index in [9.17, 15) is 19.5 Å². The average molecular weight is 478 g/mol. The van der Waals surface area contributed by atoms with Crippen LogP contribution in [0.25, 0.3) is 0 Å². The third kappa shape index (κ3) is 8.97. The van der Waals surface area contributed by atoms with E-state index in [1.54, 1.807) is 20.8 Å². The number of ether oxygens (including phenoxy) is 1. The molecule has 0 aromatic heterocycles. The Balaban J connectivity index is 3.51. The van der Waals surface area contributed by atoms with Crippen LogP contribution in [0.1, 0.15) is 77.6 Å². The number of nitrogens with one attached hydrogen (secondary N) is 2. The third-order valence-corrected chi connectivity index (χ3v) is 5.13. The monoisotopic (exact) mass is 477 g/mol. The van der Waals surface area contributed by atoms with Crippen molar-refractivity contribution in [1.29, 1.82) is 0 Å². The zero-order valence-corrected chi connectivity index (χ0v) is 22.2. The van der Waals surface area contributed by atoms with Gasteiger partial charge < -0.3 is 25.4 Å². The van der Waals surface area contributed by atoms with E-state index < -0.39 is 29.7 Å². The highest BCUT2D eigenvalue weighted by atomic mass is 16.6. The van der Waals surface area contributed by atoms with Gasteiger partial charge in [0.25, 0.3) is 0 Å². The van der Waals surface area contributed by atoms with Gasteiger partial charge in [-0.05, 0) is 77.5 Å². The zero-order valence-electron chi connectivity index (χ0n) is 22.2. The summed E-state index contributed by atoms with van der Waals surface area (Å²) in [4.78, 5) is 41.2. The molecule has 3 N–H and O–H groups in total. The molecule has 2 atom stereocenters. The van der Waals surface area contributed by atoms with Crippen LogP contribution in [-0.2, 0) is 14.3 Å². The Hall–Kier alpha value is -2.61. The van der Waals surface area contributed by atoms with Gasteiger partial charge in [-0.1, -0.05) is 32.0 Å². The number of carbonyl (C=O) groups is 3. The number of aryl methyl sites for hydroxylation is 2. The van der Waals surface area contributed by atoms with Gasteiger partial charge in [0.15, 0.2) is 0 Å². The summed E-state index contributed by atoms with van der Waals surface area (Å²) in [7, 11) is 0. The quantitative estimate of drug-likeness (QED) is 0.477. The van der Waals surface area contributed by atoms with Crippen LogP contribution in [0.4, 0.5) is 4.79 Å². The van der Waals surface area contributed by atoms with Gasteiger partial charge in [0.1, 0.15) is 17.7 Å². The minimum atomic E-state index is -0.960. The van der Waals surface area contributed by atoms with Gasteiger partial charge in [0.2, 0.25) is 11.8 Å². The number of aliphatic hydroxyl groups is 1. The van der Waals surface area contributed by atoms with E-state index >= 15 is 0 Å². The summed E-state index contributed by atoms with van der Waals surface area (Å²) in [6.45, 7) is 16.2. The predicted molar refractivity (Wildman–Crippen MR) is 133 cm³/mol. The smallest absolute Gasteiger partial charge is 0.408 e. The number of carbonyl (C=O) groups excluding carboxylic acids is 3. The molecule has 0 saturated heterocycles. The lowest BCUT2D eigenvalue weighted by atomic mass is 9.93. The van der Waals surface area contributed by atoms with E-state index in [4.69, 9.17) is 4.74 Å². The number of alkyl carbamates (subject to hydrolysis) is 1. The molecular formula is C26H43N3O5. The van der Waals surface area contributed by atoms with Crippen molar-refractivity contribution >= 4 is 17.9 Å². The Labute approximate surface area is 204 Å². The van der Waals surface area contributed by atoms with Crippen LogP contribution in [0.15, 0.2) is 18.2 Å². The number of benzene rings is 1. The number of rotatable bonds is 10. The van der Waals surface area contributed by atoms with E-state index in [2.05, 4.69) is 10.6 Å². The van der Waals surface area contributed by atoms with Crippen molar-refractivity contribution in [2.45, 2.75) is 92.5 Å². The van der Waals surface area contributed by atoms with Crippen molar-refractivity contribution in [3.05, 3.63) is 34.9 Å². The molecule has 8 nitrogen and oxygen atoms in total. The van der Waals surface area contributed by atoms with Crippen molar-refractivity contribution in [3.8, 4) is 0 Å². The van der Waals surface area contributed by atoms with Crippen LogP contribution in [0, 0.1) is 19.8 Å². The molecule has 0 aliphatic rings. The fraction of sp³-hybridized carbons (Fsp3) is 0.654. The maximum Gasteiger partial charge on any atom is 0.408 e. The summed E-state index contributed by atoms with van der Waals surface area (Å²) in [6, 6.07) is 3.67. The largest absolute Gasteiger partial charge is 0.444 e. The summed E-state index contributed by atoms with van der Waals surface area (Å²) in [5.41, 5.74) is 1.71. The summed E-state index contributed by atoms with van der Waals surface area (Å²) >= 11 is 0. The first-order valence-electron chi connectivity index (χ1n) is 11.9. The second-order valence-corrected chi connectivity index (χ2v) is 10.5. The highest BCUT2D eigenvalue weighted by Gasteiger charge is 2.37. The fourth-order valence-corrected chi connectivity index (χ4v) is 3.87. The molecule has 0 aliphatic heterocycles. The zero-order chi connectivity index (χ0) is 26.2.